The van der Waals surface area contributed by atoms with Crippen LogP contribution in [0.1, 0.15) is 29.5 Å². The Morgan fingerprint density at radius 2 is 1.79 bits per heavy atom. The number of aliphatic hydroxyl groups excluding tert-OH is 1. The molecule has 0 radical (unpaired) electrons. The van der Waals surface area contributed by atoms with E-state index in [0.29, 0.717) is 12.0 Å². The van der Waals surface area contributed by atoms with Gasteiger partial charge in [-0.2, -0.15) is 0 Å². The minimum absolute atomic E-state index is 0. The van der Waals surface area contributed by atoms with Crippen LogP contribution >= 0.6 is 17.0 Å². The van der Waals surface area contributed by atoms with Crippen LogP contribution < -0.4 is 5.73 Å². The van der Waals surface area contributed by atoms with Gasteiger partial charge in [-0.25, -0.2) is 0 Å². The summed E-state index contributed by atoms with van der Waals surface area (Å²) in [6, 6.07) is 13.1. The number of nitrogens with two attached hydrogens (primary N) is 1. The molecule has 1 aliphatic rings. The van der Waals surface area contributed by atoms with Gasteiger partial charge in [-0.15, -0.1) is 17.0 Å². The summed E-state index contributed by atoms with van der Waals surface area (Å²) in [5.41, 5.74) is 10.2. The van der Waals surface area contributed by atoms with Crippen molar-refractivity contribution in [3.8, 4) is 11.5 Å². The molecule has 2 unspecified atom stereocenters. The molecule has 0 saturated heterocycles. The third-order valence-electron chi connectivity index (χ3n) is 4.57. The normalized spacial score (nSPS) is 17.9. The second-order valence-electron chi connectivity index (χ2n) is 5.94. The average molecular weight is 392 g/mol. The van der Waals surface area contributed by atoms with E-state index >= 15 is 0 Å². The van der Waals surface area contributed by atoms with Gasteiger partial charge in [0.25, 0.3) is 0 Å². The summed E-state index contributed by atoms with van der Waals surface area (Å²) < 4.78 is 0. The molecule has 2 aromatic carbocycles. The third-order valence-corrected chi connectivity index (χ3v) is 4.57. The highest BCUT2D eigenvalue weighted by Crippen LogP contribution is 2.46. The van der Waals surface area contributed by atoms with Crippen LogP contribution in [0.2, 0.25) is 0 Å². The molecular weight excluding hydrogens is 370 g/mol. The van der Waals surface area contributed by atoms with E-state index in [1.165, 1.54) is 6.07 Å². The summed E-state index contributed by atoms with van der Waals surface area (Å²) in [6.07, 6.45) is -0.119. The predicted octanol–water partition coefficient (Wildman–Crippen LogP) is 3.11. The number of halogens is 1. The highest BCUT2D eigenvalue weighted by molar-refractivity contribution is 8.93. The Hall–Kier alpha value is -1.82. The summed E-state index contributed by atoms with van der Waals surface area (Å²) in [7, 11) is 0. The fraction of sp³-hybridized carbons (Fsp3) is 0.263. The van der Waals surface area contributed by atoms with Gasteiger partial charge in [0.2, 0.25) is 0 Å². The summed E-state index contributed by atoms with van der Waals surface area (Å²) in [5, 5.41) is 30.4. The van der Waals surface area contributed by atoms with E-state index in [1.54, 1.807) is 13.0 Å². The highest BCUT2D eigenvalue weighted by Gasteiger charge is 2.32. The monoisotopic (exact) mass is 391 g/mol. The predicted molar refractivity (Wildman–Crippen MR) is 101 cm³/mol. The van der Waals surface area contributed by atoms with Crippen LogP contribution in [0.25, 0.3) is 5.57 Å². The molecule has 4 nitrogen and oxygen atoms in total. The van der Waals surface area contributed by atoms with E-state index in [4.69, 9.17) is 5.73 Å². The van der Waals surface area contributed by atoms with Crippen LogP contribution in [0.3, 0.4) is 0 Å². The first-order valence-electron chi connectivity index (χ1n) is 7.74. The Balaban J connectivity index is 0.00000208. The fourth-order valence-electron chi connectivity index (χ4n) is 3.55. The van der Waals surface area contributed by atoms with Gasteiger partial charge in [-0.3, -0.25) is 0 Å². The average Bonchev–Trinajstić information content (AvgIpc) is 2.57. The lowest BCUT2D eigenvalue weighted by atomic mass is 9.73. The molecular formula is C19H22BrNO3. The number of aliphatic hydroxyl groups is 1. The lowest BCUT2D eigenvalue weighted by molar-refractivity contribution is 0.223. The quantitative estimate of drug-likeness (QED) is 0.605. The zero-order valence-electron chi connectivity index (χ0n) is 13.4. The SMILES string of the molecule is Br.CC(O)C1=C(CN)c2ccc(O)c(O)c2CC1c1ccccc1. The molecule has 128 valence electrons. The maximum Gasteiger partial charge on any atom is 0.161 e. The van der Waals surface area contributed by atoms with E-state index in [0.717, 1.165) is 22.3 Å². The first-order valence-corrected chi connectivity index (χ1v) is 7.74. The molecule has 2 atom stereocenters. The van der Waals surface area contributed by atoms with Gasteiger partial charge in [-0.05, 0) is 41.7 Å². The Labute approximate surface area is 152 Å². The first kappa shape index (κ1) is 18.5. The molecule has 2 aromatic rings. The van der Waals surface area contributed by atoms with Crippen molar-refractivity contribution in [2.75, 3.05) is 6.54 Å². The number of aromatic hydroxyl groups is 2. The lowest BCUT2D eigenvalue weighted by Crippen LogP contribution is -2.25. The van der Waals surface area contributed by atoms with Gasteiger partial charge in [-0.1, -0.05) is 36.4 Å². The third kappa shape index (κ3) is 3.07. The van der Waals surface area contributed by atoms with E-state index < -0.39 is 6.10 Å². The second-order valence-corrected chi connectivity index (χ2v) is 5.94. The Morgan fingerprint density at radius 3 is 2.38 bits per heavy atom. The molecule has 0 heterocycles. The summed E-state index contributed by atoms with van der Waals surface area (Å²) >= 11 is 0. The van der Waals surface area contributed by atoms with Crippen LogP contribution in [0.5, 0.6) is 11.5 Å². The Morgan fingerprint density at radius 1 is 1.12 bits per heavy atom. The van der Waals surface area contributed by atoms with Gasteiger partial charge < -0.3 is 21.1 Å². The molecule has 0 bridgehead atoms. The number of phenolic OH excluding ortho intramolecular Hbond substituents is 2. The number of rotatable bonds is 3. The molecule has 5 heteroatoms. The molecule has 0 saturated carbocycles. The maximum atomic E-state index is 10.3. The number of benzene rings is 2. The number of phenols is 2. The maximum absolute atomic E-state index is 10.3. The number of fused-ring (bicyclic) bond motifs is 1. The summed E-state index contributed by atoms with van der Waals surface area (Å²) in [4.78, 5) is 0. The summed E-state index contributed by atoms with van der Waals surface area (Å²) in [6.45, 7) is 2.01. The van der Waals surface area contributed by atoms with Crippen molar-refractivity contribution in [2.45, 2.75) is 25.4 Å². The Bertz CT molecular complexity index is 757. The molecule has 0 aliphatic heterocycles. The lowest BCUT2D eigenvalue weighted by Gasteiger charge is -2.33. The smallest absolute Gasteiger partial charge is 0.161 e. The van der Waals surface area contributed by atoms with E-state index in [1.807, 2.05) is 30.3 Å². The fourth-order valence-corrected chi connectivity index (χ4v) is 3.55. The largest absolute Gasteiger partial charge is 0.504 e. The van der Waals surface area contributed by atoms with Crippen molar-refractivity contribution in [3.63, 3.8) is 0 Å². The first-order chi connectivity index (χ1) is 11.0. The number of hydrogen-bond acceptors (Lipinski definition) is 4. The minimum Gasteiger partial charge on any atom is -0.504 e. The zero-order chi connectivity index (χ0) is 16.6. The van der Waals surface area contributed by atoms with Crippen molar-refractivity contribution in [1.29, 1.82) is 0 Å². The van der Waals surface area contributed by atoms with E-state index in [-0.39, 0.29) is 40.9 Å². The molecule has 3 rings (SSSR count). The zero-order valence-corrected chi connectivity index (χ0v) is 15.2. The molecule has 0 spiro atoms. The molecule has 1 aliphatic carbocycles. The van der Waals surface area contributed by atoms with Gasteiger partial charge in [0.15, 0.2) is 11.5 Å². The van der Waals surface area contributed by atoms with Crippen molar-refractivity contribution in [2.24, 2.45) is 5.73 Å². The molecule has 5 N–H and O–H groups in total. The number of hydrogen-bond donors (Lipinski definition) is 4. The molecule has 0 fully saturated rings. The van der Waals surface area contributed by atoms with Gasteiger partial charge in [0.05, 0.1) is 6.10 Å². The minimum atomic E-state index is -0.636. The highest BCUT2D eigenvalue weighted by atomic mass is 79.9. The Kier molecular flexibility index (Phi) is 5.70. The second kappa shape index (κ2) is 7.38. The van der Waals surface area contributed by atoms with Gasteiger partial charge >= 0.3 is 0 Å². The van der Waals surface area contributed by atoms with Crippen LogP contribution in [-0.4, -0.2) is 28.0 Å². The van der Waals surface area contributed by atoms with Crippen molar-refractivity contribution < 1.29 is 15.3 Å². The van der Waals surface area contributed by atoms with Crippen molar-refractivity contribution >= 4 is 22.6 Å². The van der Waals surface area contributed by atoms with E-state index in [2.05, 4.69) is 0 Å². The van der Waals surface area contributed by atoms with Gasteiger partial charge in [0.1, 0.15) is 0 Å². The topological polar surface area (TPSA) is 86.7 Å². The van der Waals surface area contributed by atoms with Crippen LogP contribution in [0.15, 0.2) is 48.0 Å². The van der Waals surface area contributed by atoms with Crippen LogP contribution in [0, 0.1) is 0 Å². The standard InChI is InChI=1S/C19H21NO3.BrH/c1-11(21)18-14(12-5-3-2-4-6-12)9-15-13(16(18)10-20)7-8-17(22)19(15)23;/h2-8,11,14,21-23H,9-10,20H2,1H3;1H. The van der Waals surface area contributed by atoms with Crippen LogP contribution in [-0.2, 0) is 6.42 Å². The molecule has 24 heavy (non-hydrogen) atoms. The van der Waals surface area contributed by atoms with Gasteiger partial charge in [0, 0.05) is 18.0 Å². The summed E-state index contributed by atoms with van der Waals surface area (Å²) in [5.74, 6) is -0.304. The van der Waals surface area contributed by atoms with Crippen molar-refractivity contribution in [1.82, 2.24) is 0 Å². The molecule has 0 aromatic heterocycles. The van der Waals surface area contributed by atoms with E-state index in [9.17, 15) is 15.3 Å². The molecule has 0 amide bonds. The van der Waals surface area contributed by atoms with Crippen molar-refractivity contribution in [3.05, 3.63) is 64.7 Å². The van der Waals surface area contributed by atoms with Crippen LogP contribution in [0.4, 0.5) is 0 Å².